The molecule has 0 aromatic heterocycles. The van der Waals surface area contributed by atoms with Crippen molar-refractivity contribution in [2.75, 3.05) is 0 Å². The quantitative estimate of drug-likeness (QED) is 0.557. The third-order valence-corrected chi connectivity index (χ3v) is 5.40. The molecule has 72 valence electrons. The van der Waals surface area contributed by atoms with E-state index in [2.05, 4.69) is 6.92 Å². The van der Waals surface area contributed by atoms with Gasteiger partial charge in [-0.2, -0.15) is 0 Å². The number of hydrogen-bond donors (Lipinski definition) is 0. The van der Waals surface area contributed by atoms with E-state index in [9.17, 15) is 4.79 Å². The number of Topliss-reactive ketones (excluding diaryl/α,β-unsaturated/α-hetero) is 1. The SMILES string of the molecule is C[C@@]12CCC[C@@]13CCC[C@H]3CC2=O. The van der Waals surface area contributed by atoms with E-state index in [0.717, 1.165) is 12.3 Å². The van der Waals surface area contributed by atoms with Crippen LogP contribution in [0.3, 0.4) is 0 Å². The molecule has 0 unspecified atom stereocenters. The molecule has 0 heterocycles. The minimum atomic E-state index is 0.105. The first-order valence-corrected chi connectivity index (χ1v) is 5.72. The fraction of sp³-hybridized carbons (Fsp3) is 0.917. The second-order valence-electron chi connectivity index (χ2n) is 5.56. The lowest BCUT2D eigenvalue weighted by atomic mass is 9.66. The average molecular weight is 178 g/mol. The Kier molecular flexibility index (Phi) is 1.35. The van der Waals surface area contributed by atoms with E-state index in [4.69, 9.17) is 0 Å². The lowest BCUT2D eigenvalue weighted by Gasteiger charge is -2.36. The van der Waals surface area contributed by atoms with Crippen molar-refractivity contribution in [3.8, 4) is 0 Å². The second kappa shape index (κ2) is 2.18. The summed E-state index contributed by atoms with van der Waals surface area (Å²) in [6.45, 7) is 2.26. The Labute approximate surface area is 79.9 Å². The summed E-state index contributed by atoms with van der Waals surface area (Å²) in [5.41, 5.74) is 0.582. The molecule has 0 amide bonds. The van der Waals surface area contributed by atoms with E-state index in [0.29, 0.717) is 11.2 Å². The zero-order chi connectivity index (χ0) is 9.10. The van der Waals surface area contributed by atoms with Gasteiger partial charge in [-0.25, -0.2) is 0 Å². The van der Waals surface area contributed by atoms with Gasteiger partial charge in [0.25, 0.3) is 0 Å². The molecule has 0 bridgehead atoms. The van der Waals surface area contributed by atoms with Crippen molar-refractivity contribution >= 4 is 5.78 Å². The molecule has 13 heavy (non-hydrogen) atoms. The first-order chi connectivity index (χ1) is 6.19. The fourth-order valence-corrected chi connectivity index (χ4v) is 4.65. The van der Waals surface area contributed by atoms with E-state index >= 15 is 0 Å². The van der Waals surface area contributed by atoms with Gasteiger partial charge >= 0.3 is 0 Å². The van der Waals surface area contributed by atoms with E-state index < -0.39 is 0 Å². The van der Waals surface area contributed by atoms with Crippen molar-refractivity contribution in [2.24, 2.45) is 16.7 Å². The van der Waals surface area contributed by atoms with Gasteiger partial charge in [0.05, 0.1) is 0 Å². The lowest BCUT2D eigenvalue weighted by Crippen LogP contribution is -2.34. The molecule has 3 atom stereocenters. The van der Waals surface area contributed by atoms with Crippen LogP contribution in [0.4, 0.5) is 0 Å². The Morgan fingerprint density at radius 2 is 2.00 bits per heavy atom. The summed E-state index contributed by atoms with van der Waals surface area (Å²) < 4.78 is 0. The van der Waals surface area contributed by atoms with Crippen LogP contribution in [0, 0.1) is 16.7 Å². The Bertz CT molecular complexity index is 266. The van der Waals surface area contributed by atoms with Gasteiger partial charge in [-0.3, -0.25) is 4.79 Å². The number of carbonyl (C=O) groups excluding carboxylic acids is 1. The van der Waals surface area contributed by atoms with Gasteiger partial charge in [0.15, 0.2) is 0 Å². The van der Waals surface area contributed by atoms with Gasteiger partial charge in [0.2, 0.25) is 0 Å². The lowest BCUT2D eigenvalue weighted by molar-refractivity contribution is -0.127. The van der Waals surface area contributed by atoms with E-state index in [1.807, 2.05) is 0 Å². The number of hydrogen-bond acceptors (Lipinski definition) is 1. The van der Waals surface area contributed by atoms with Crippen LogP contribution in [0.2, 0.25) is 0 Å². The standard InChI is InChI=1S/C12H18O/c1-11-5-3-7-12(11)6-2-4-9(12)8-10(11)13/h9H,2-8H2,1H3/t9-,11-,12+/m0/s1. The molecule has 3 aliphatic carbocycles. The van der Waals surface area contributed by atoms with Gasteiger partial charge in [-0.05, 0) is 37.0 Å². The van der Waals surface area contributed by atoms with Crippen molar-refractivity contribution < 1.29 is 4.79 Å². The highest BCUT2D eigenvalue weighted by atomic mass is 16.1. The molecular formula is C12H18O. The maximum absolute atomic E-state index is 12.0. The van der Waals surface area contributed by atoms with Crippen LogP contribution in [0.5, 0.6) is 0 Å². The number of rotatable bonds is 0. The topological polar surface area (TPSA) is 17.1 Å². The van der Waals surface area contributed by atoms with Crippen LogP contribution in [-0.2, 0) is 4.79 Å². The van der Waals surface area contributed by atoms with Crippen LogP contribution < -0.4 is 0 Å². The first kappa shape index (κ1) is 8.02. The molecule has 1 heteroatoms. The summed E-state index contributed by atoms with van der Waals surface area (Å²) in [6, 6.07) is 0. The normalized spacial score (nSPS) is 53.9. The van der Waals surface area contributed by atoms with Gasteiger partial charge in [0, 0.05) is 11.8 Å². The molecule has 0 N–H and O–H groups in total. The average Bonchev–Trinajstić information content (AvgIpc) is 2.66. The van der Waals surface area contributed by atoms with Crippen LogP contribution in [-0.4, -0.2) is 5.78 Å². The van der Waals surface area contributed by atoms with Crippen molar-refractivity contribution in [1.82, 2.24) is 0 Å². The van der Waals surface area contributed by atoms with Crippen LogP contribution >= 0.6 is 0 Å². The zero-order valence-electron chi connectivity index (χ0n) is 8.44. The number of ketones is 1. The Balaban J connectivity index is 2.11. The van der Waals surface area contributed by atoms with E-state index in [1.165, 1.54) is 38.5 Å². The first-order valence-electron chi connectivity index (χ1n) is 5.72. The molecule has 3 saturated carbocycles. The summed E-state index contributed by atoms with van der Waals surface area (Å²) in [5.74, 6) is 1.36. The van der Waals surface area contributed by atoms with Crippen LogP contribution in [0.25, 0.3) is 0 Å². The molecule has 0 radical (unpaired) electrons. The molecular weight excluding hydrogens is 160 g/mol. The second-order valence-corrected chi connectivity index (χ2v) is 5.56. The predicted octanol–water partition coefficient (Wildman–Crippen LogP) is 2.94. The third kappa shape index (κ3) is 0.693. The number of carbonyl (C=O) groups is 1. The molecule has 0 aromatic rings. The minimum absolute atomic E-state index is 0.105. The largest absolute Gasteiger partial charge is 0.299 e. The fourth-order valence-electron chi connectivity index (χ4n) is 4.65. The van der Waals surface area contributed by atoms with Crippen LogP contribution in [0.15, 0.2) is 0 Å². The molecule has 1 spiro atoms. The molecule has 3 aliphatic rings. The monoisotopic (exact) mass is 178 g/mol. The van der Waals surface area contributed by atoms with Crippen LogP contribution in [0.1, 0.15) is 51.9 Å². The van der Waals surface area contributed by atoms with E-state index in [-0.39, 0.29) is 5.41 Å². The molecule has 0 aliphatic heterocycles. The van der Waals surface area contributed by atoms with Crippen molar-refractivity contribution in [3.63, 3.8) is 0 Å². The highest BCUT2D eigenvalue weighted by Crippen LogP contribution is 2.69. The molecule has 0 saturated heterocycles. The summed E-state index contributed by atoms with van der Waals surface area (Å²) >= 11 is 0. The molecule has 3 rings (SSSR count). The third-order valence-electron chi connectivity index (χ3n) is 5.40. The highest BCUT2D eigenvalue weighted by Gasteiger charge is 2.65. The minimum Gasteiger partial charge on any atom is -0.299 e. The molecule has 3 fully saturated rings. The Morgan fingerprint density at radius 3 is 2.85 bits per heavy atom. The van der Waals surface area contributed by atoms with Gasteiger partial charge in [-0.15, -0.1) is 0 Å². The van der Waals surface area contributed by atoms with E-state index in [1.54, 1.807) is 0 Å². The summed E-state index contributed by atoms with van der Waals surface area (Å²) in [5, 5.41) is 0. The van der Waals surface area contributed by atoms with Crippen molar-refractivity contribution in [2.45, 2.75) is 51.9 Å². The molecule has 1 nitrogen and oxygen atoms in total. The molecule has 0 aromatic carbocycles. The maximum Gasteiger partial charge on any atom is 0.139 e. The van der Waals surface area contributed by atoms with Gasteiger partial charge in [0.1, 0.15) is 5.78 Å². The Morgan fingerprint density at radius 1 is 1.23 bits per heavy atom. The van der Waals surface area contributed by atoms with Crippen molar-refractivity contribution in [1.29, 1.82) is 0 Å². The summed E-state index contributed by atoms with van der Waals surface area (Å²) in [7, 11) is 0. The van der Waals surface area contributed by atoms with Gasteiger partial charge in [-0.1, -0.05) is 19.8 Å². The van der Waals surface area contributed by atoms with Gasteiger partial charge < -0.3 is 0 Å². The zero-order valence-corrected chi connectivity index (χ0v) is 8.44. The Hall–Kier alpha value is -0.330. The summed E-state index contributed by atoms with van der Waals surface area (Å²) in [6.07, 6.45) is 8.81. The highest BCUT2D eigenvalue weighted by molar-refractivity contribution is 5.89. The van der Waals surface area contributed by atoms with Crippen molar-refractivity contribution in [3.05, 3.63) is 0 Å². The predicted molar refractivity (Wildman–Crippen MR) is 51.4 cm³/mol. The summed E-state index contributed by atoms with van der Waals surface area (Å²) in [4.78, 5) is 12.0. The smallest absolute Gasteiger partial charge is 0.139 e. The maximum atomic E-state index is 12.0.